The lowest BCUT2D eigenvalue weighted by Gasteiger charge is -2.41. The SMILES string of the molecule is CCCC(C)N1CC=C[C@]23O[C@@]4(CC)C=CCN(CCC)C(=O)[C@H]4[C@H]2C(=O)N([C@@H](CO)Cc2ccccc2)C3C1=O. The van der Waals surface area contributed by atoms with Gasteiger partial charge in [0.15, 0.2) is 0 Å². The highest BCUT2D eigenvalue weighted by Gasteiger charge is 2.76. The molecule has 4 aliphatic heterocycles. The smallest absolute Gasteiger partial charge is 0.249 e. The van der Waals surface area contributed by atoms with E-state index in [2.05, 4.69) is 6.92 Å². The molecule has 1 aromatic carbocycles. The predicted molar refractivity (Wildman–Crippen MR) is 157 cm³/mol. The van der Waals surface area contributed by atoms with Gasteiger partial charge in [0.25, 0.3) is 0 Å². The van der Waals surface area contributed by atoms with E-state index in [1.165, 1.54) is 0 Å². The number of ether oxygens (including phenoxy) is 1. The van der Waals surface area contributed by atoms with Crippen molar-refractivity contribution < 1.29 is 24.2 Å². The normalized spacial score (nSPS) is 32.5. The van der Waals surface area contributed by atoms with E-state index < -0.39 is 35.1 Å². The Labute approximate surface area is 244 Å². The van der Waals surface area contributed by atoms with Crippen molar-refractivity contribution in [3.63, 3.8) is 0 Å². The van der Waals surface area contributed by atoms with Crippen LogP contribution in [-0.4, -0.2) is 93.1 Å². The topological polar surface area (TPSA) is 90.4 Å². The molecule has 0 saturated carbocycles. The zero-order valence-corrected chi connectivity index (χ0v) is 24.9. The van der Waals surface area contributed by atoms with Crippen LogP contribution in [0.5, 0.6) is 0 Å². The van der Waals surface area contributed by atoms with Gasteiger partial charge in [-0.2, -0.15) is 0 Å². The van der Waals surface area contributed by atoms with Crippen molar-refractivity contribution in [3.05, 3.63) is 60.2 Å². The van der Waals surface area contributed by atoms with E-state index in [9.17, 15) is 19.5 Å². The Bertz CT molecular complexity index is 1200. The first-order chi connectivity index (χ1) is 19.8. The van der Waals surface area contributed by atoms with Gasteiger partial charge < -0.3 is 24.5 Å². The van der Waals surface area contributed by atoms with Crippen LogP contribution in [0, 0.1) is 11.8 Å². The highest BCUT2D eigenvalue weighted by molar-refractivity contribution is 6.00. The third-order valence-electron chi connectivity index (χ3n) is 9.64. The molecule has 0 radical (unpaired) electrons. The van der Waals surface area contributed by atoms with Crippen LogP contribution in [0.25, 0.3) is 0 Å². The highest BCUT2D eigenvalue weighted by Crippen LogP contribution is 2.59. The Kier molecular flexibility index (Phi) is 8.44. The summed E-state index contributed by atoms with van der Waals surface area (Å²) < 4.78 is 7.07. The third-order valence-corrected chi connectivity index (χ3v) is 9.64. The fourth-order valence-corrected chi connectivity index (χ4v) is 7.74. The zero-order chi connectivity index (χ0) is 29.4. The first-order valence-electron chi connectivity index (χ1n) is 15.4. The number of carbonyl (C=O) groups excluding carboxylic acids is 3. The van der Waals surface area contributed by atoms with Crippen LogP contribution in [0.15, 0.2) is 54.6 Å². The Hall–Kier alpha value is -2.97. The van der Waals surface area contributed by atoms with Crippen LogP contribution in [0.1, 0.15) is 58.9 Å². The summed E-state index contributed by atoms with van der Waals surface area (Å²) in [5.41, 5.74) is -1.34. The van der Waals surface area contributed by atoms with E-state index in [1.807, 2.05) is 85.2 Å². The van der Waals surface area contributed by atoms with E-state index >= 15 is 0 Å². The van der Waals surface area contributed by atoms with E-state index in [-0.39, 0.29) is 30.4 Å². The van der Waals surface area contributed by atoms with Gasteiger partial charge in [0, 0.05) is 25.7 Å². The molecule has 8 nitrogen and oxygen atoms in total. The molecule has 5 rings (SSSR count). The molecule has 2 saturated heterocycles. The maximum Gasteiger partial charge on any atom is 0.249 e. The zero-order valence-electron chi connectivity index (χ0n) is 24.9. The van der Waals surface area contributed by atoms with Crippen molar-refractivity contribution in [2.75, 3.05) is 26.2 Å². The van der Waals surface area contributed by atoms with Crippen LogP contribution in [0.2, 0.25) is 0 Å². The lowest BCUT2D eigenvalue weighted by molar-refractivity contribution is -0.158. The molecular weight excluding hydrogens is 518 g/mol. The number of amides is 3. The molecule has 2 fully saturated rings. The molecule has 8 heteroatoms. The van der Waals surface area contributed by atoms with Gasteiger partial charge in [-0.3, -0.25) is 14.4 Å². The average Bonchev–Trinajstić information content (AvgIpc) is 3.27. The standard InChI is InChI=1S/C33H45N3O5/c1-5-13-23(4)35-20-12-17-33-27(26-29(38)34(18-6-2)19-11-16-32(26,7-3)41-33)30(39)36(28(33)31(35)40)25(22-37)21-24-14-9-8-10-15-24/h8-12,14-17,23,25-28,37H,5-7,13,18-22H2,1-4H3/t23?,25-,26-,27+,28?,32+,33+/m1/s1. The van der Waals surface area contributed by atoms with Crippen molar-refractivity contribution in [2.24, 2.45) is 11.8 Å². The van der Waals surface area contributed by atoms with Gasteiger partial charge in [-0.25, -0.2) is 0 Å². The van der Waals surface area contributed by atoms with Crippen LogP contribution in [0.3, 0.4) is 0 Å². The van der Waals surface area contributed by atoms with Crippen molar-refractivity contribution >= 4 is 17.7 Å². The van der Waals surface area contributed by atoms with E-state index in [4.69, 9.17) is 4.74 Å². The molecule has 0 aliphatic carbocycles. The number of carbonyl (C=O) groups is 3. The van der Waals surface area contributed by atoms with Crippen molar-refractivity contribution in [1.82, 2.24) is 14.7 Å². The summed E-state index contributed by atoms with van der Waals surface area (Å²) in [5.74, 6) is -2.19. The lowest BCUT2D eigenvalue weighted by Crippen LogP contribution is -2.60. The van der Waals surface area contributed by atoms with Gasteiger partial charge in [-0.15, -0.1) is 0 Å². The summed E-state index contributed by atoms with van der Waals surface area (Å²) in [7, 11) is 0. The summed E-state index contributed by atoms with van der Waals surface area (Å²) in [4.78, 5) is 48.9. The Morgan fingerprint density at radius 3 is 2.34 bits per heavy atom. The number of hydrogen-bond acceptors (Lipinski definition) is 5. The summed E-state index contributed by atoms with van der Waals surface area (Å²) >= 11 is 0. The number of fused-ring (bicyclic) bond motifs is 2. The monoisotopic (exact) mass is 563 g/mol. The largest absolute Gasteiger partial charge is 0.394 e. The van der Waals surface area contributed by atoms with Gasteiger partial charge in [-0.1, -0.05) is 81.8 Å². The number of rotatable bonds is 10. The first kappa shape index (κ1) is 29.5. The number of likely N-dealkylation sites (tertiary alicyclic amines) is 1. The lowest BCUT2D eigenvalue weighted by atomic mass is 9.73. The number of aliphatic hydroxyl groups is 1. The second-order valence-electron chi connectivity index (χ2n) is 12.1. The second-order valence-corrected chi connectivity index (χ2v) is 12.1. The minimum absolute atomic E-state index is 0.0291. The molecular formula is C33H45N3O5. The molecule has 4 aliphatic rings. The second kappa shape index (κ2) is 11.7. The molecule has 41 heavy (non-hydrogen) atoms. The van der Waals surface area contributed by atoms with Crippen LogP contribution in [0.4, 0.5) is 0 Å². The first-order valence-corrected chi connectivity index (χ1v) is 15.4. The van der Waals surface area contributed by atoms with E-state index in [0.29, 0.717) is 32.5 Å². The van der Waals surface area contributed by atoms with Crippen molar-refractivity contribution in [3.8, 4) is 0 Å². The molecule has 1 aromatic rings. The molecule has 4 heterocycles. The molecule has 7 atom stereocenters. The molecule has 1 N–H and O–H groups in total. The Balaban J connectivity index is 1.66. The average molecular weight is 564 g/mol. The molecule has 0 aromatic heterocycles. The highest BCUT2D eigenvalue weighted by atomic mass is 16.5. The minimum Gasteiger partial charge on any atom is -0.394 e. The van der Waals surface area contributed by atoms with E-state index in [1.54, 1.807) is 4.90 Å². The third kappa shape index (κ3) is 4.73. The maximum atomic E-state index is 14.8. The van der Waals surface area contributed by atoms with Crippen LogP contribution < -0.4 is 0 Å². The van der Waals surface area contributed by atoms with Crippen molar-refractivity contribution in [2.45, 2.75) is 89.1 Å². The van der Waals surface area contributed by atoms with Crippen LogP contribution >= 0.6 is 0 Å². The van der Waals surface area contributed by atoms with Gasteiger partial charge in [0.2, 0.25) is 17.7 Å². The minimum atomic E-state index is -1.31. The van der Waals surface area contributed by atoms with E-state index in [0.717, 1.165) is 24.8 Å². The molecule has 0 bridgehead atoms. The van der Waals surface area contributed by atoms with Gasteiger partial charge in [0.05, 0.1) is 30.1 Å². The summed E-state index contributed by atoms with van der Waals surface area (Å²) in [6, 6.07) is 8.06. The van der Waals surface area contributed by atoms with Gasteiger partial charge in [0.1, 0.15) is 11.6 Å². The fourth-order valence-electron chi connectivity index (χ4n) is 7.74. The number of benzene rings is 1. The van der Waals surface area contributed by atoms with Crippen LogP contribution in [-0.2, 0) is 25.5 Å². The Morgan fingerprint density at radius 2 is 1.68 bits per heavy atom. The quantitative estimate of drug-likeness (QED) is 0.441. The fraction of sp³-hybridized carbons (Fsp3) is 0.606. The van der Waals surface area contributed by atoms with Gasteiger partial charge in [-0.05, 0) is 38.2 Å². The molecule has 1 spiro atoms. The summed E-state index contributed by atoms with van der Waals surface area (Å²) in [5, 5.41) is 10.7. The summed E-state index contributed by atoms with van der Waals surface area (Å²) in [6.45, 7) is 9.33. The molecule has 222 valence electrons. The maximum absolute atomic E-state index is 14.8. The molecule has 3 amide bonds. The van der Waals surface area contributed by atoms with Crippen molar-refractivity contribution in [1.29, 1.82) is 0 Å². The van der Waals surface area contributed by atoms with Gasteiger partial charge >= 0.3 is 0 Å². The number of nitrogens with zero attached hydrogens (tertiary/aromatic N) is 3. The molecule has 2 unspecified atom stereocenters. The Morgan fingerprint density at radius 1 is 0.951 bits per heavy atom. The number of aliphatic hydroxyl groups excluding tert-OH is 1. The number of hydrogen-bond donors (Lipinski definition) is 1. The summed E-state index contributed by atoms with van der Waals surface area (Å²) in [6.07, 6.45) is 11.3. The predicted octanol–water partition coefficient (Wildman–Crippen LogP) is 3.35.